The molecule has 0 N–H and O–H groups in total. The minimum Gasteiger partial charge on any atom is -0.383 e. The molecule has 7 nitrogen and oxygen atoms in total. The van der Waals surface area contributed by atoms with Crippen LogP contribution in [0.1, 0.15) is 24.8 Å². The molecule has 1 aliphatic carbocycles. The van der Waals surface area contributed by atoms with Crippen LogP contribution in [0.4, 0.5) is 5.69 Å². The number of carbonyl (C=O) groups excluding carboxylic acids is 3. The van der Waals surface area contributed by atoms with E-state index >= 15 is 0 Å². The van der Waals surface area contributed by atoms with Crippen molar-refractivity contribution in [3.05, 3.63) is 28.8 Å². The molecule has 8 heteroatoms. The van der Waals surface area contributed by atoms with Crippen molar-refractivity contribution in [2.45, 2.75) is 26.2 Å². The number of nitrogens with zero attached hydrogens (tertiary/aromatic N) is 3. The van der Waals surface area contributed by atoms with E-state index in [1.807, 2.05) is 13.0 Å². The molecule has 152 valence electrons. The molecule has 2 aliphatic rings. The van der Waals surface area contributed by atoms with Crippen LogP contribution in [-0.2, 0) is 19.1 Å². The van der Waals surface area contributed by atoms with Gasteiger partial charge in [-0.3, -0.25) is 19.3 Å². The largest absolute Gasteiger partial charge is 0.383 e. The maximum absolute atomic E-state index is 12.8. The van der Waals surface area contributed by atoms with Crippen molar-refractivity contribution in [3.8, 4) is 0 Å². The molecule has 28 heavy (non-hydrogen) atoms. The predicted molar refractivity (Wildman–Crippen MR) is 106 cm³/mol. The topological polar surface area (TPSA) is 70.2 Å². The fraction of sp³-hybridized carbons (Fsp3) is 0.550. The molecule has 1 heterocycles. The van der Waals surface area contributed by atoms with Crippen molar-refractivity contribution in [1.29, 1.82) is 0 Å². The lowest BCUT2D eigenvalue weighted by atomic mass is 9.84. The van der Waals surface area contributed by atoms with Gasteiger partial charge < -0.3 is 14.5 Å². The molecule has 0 aromatic heterocycles. The van der Waals surface area contributed by atoms with E-state index in [4.69, 9.17) is 16.3 Å². The first-order valence-corrected chi connectivity index (χ1v) is 9.91. The average molecular weight is 408 g/mol. The Kier molecular flexibility index (Phi) is 6.57. The lowest BCUT2D eigenvalue weighted by Gasteiger charge is -2.32. The molecule has 1 saturated carbocycles. The van der Waals surface area contributed by atoms with Crippen molar-refractivity contribution in [2.24, 2.45) is 5.92 Å². The Labute approximate surface area is 170 Å². The van der Waals surface area contributed by atoms with Crippen molar-refractivity contribution >= 4 is 35.0 Å². The van der Waals surface area contributed by atoms with E-state index in [1.54, 1.807) is 29.0 Å². The van der Waals surface area contributed by atoms with Gasteiger partial charge in [0.1, 0.15) is 13.2 Å². The number of ether oxygens (including phenoxy) is 1. The summed E-state index contributed by atoms with van der Waals surface area (Å²) in [6.07, 6.45) is 2.80. The lowest BCUT2D eigenvalue weighted by Crippen LogP contribution is -2.47. The molecule has 1 saturated heterocycles. The zero-order chi connectivity index (χ0) is 20.3. The van der Waals surface area contributed by atoms with Crippen LogP contribution in [0.2, 0.25) is 5.02 Å². The van der Waals surface area contributed by atoms with Crippen molar-refractivity contribution < 1.29 is 19.1 Å². The van der Waals surface area contributed by atoms with Gasteiger partial charge >= 0.3 is 0 Å². The van der Waals surface area contributed by atoms with Gasteiger partial charge in [-0.2, -0.15) is 0 Å². The van der Waals surface area contributed by atoms with Gasteiger partial charge in [0.05, 0.1) is 13.2 Å². The van der Waals surface area contributed by atoms with Crippen LogP contribution in [-0.4, -0.2) is 67.5 Å². The summed E-state index contributed by atoms with van der Waals surface area (Å²) in [5, 5.41) is 0.576. The van der Waals surface area contributed by atoms with Gasteiger partial charge in [-0.05, 0) is 37.5 Å². The Balaban J connectivity index is 1.67. The first kappa shape index (κ1) is 20.6. The molecule has 2 fully saturated rings. The number of anilines is 1. The third-order valence-electron chi connectivity index (χ3n) is 5.48. The van der Waals surface area contributed by atoms with Crippen molar-refractivity contribution in [1.82, 2.24) is 9.80 Å². The second-order valence-corrected chi connectivity index (χ2v) is 7.73. The quantitative estimate of drug-likeness (QED) is 0.693. The molecule has 3 rings (SSSR count). The second kappa shape index (κ2) is 8.92. The second-order valence-electron chi connectivity index (χ2n) is 7.32. The highest BCUT2D eigenvalue weighted by Crippen LogP contribution is 2.30. The number of benzene rings is 1. The number of rotatable bonds is 7. The molecule has 0 spiro atoms. The van der Waals surface area contributed by atoms with E-state index in [-0.39, 0.29) is 43.4 Å². The van der Waals surface area contributed by atoms with Gasteiger partial charge in [-0.15, -0.1) is 0 Å². The number of hydrogen-bond donors (Lipinski definition) is 0. The molecule has 0 unspecified atom stereocenters. The summed E-state index contributed by atoms with van der Waals surface area (Å²) in [5.41, 5.74) is 1.50. The number of hydrogen-bond acceptors (Lipinski definition) is 4. The van der Waals surface area contributed by atoms with E-state index in [1.165, 1.54) is 4.90 Å². The number of methoxy groups -OCH3 is 1. The molecule has 0 atom stereocenters. The van der Waals surface area contributed by atoms with Crippen LogP contribution >= 0.6 is 11.6 Å². The number of halogens is 1. The van der Waals surface area contributed by atoms with Crippen LogP contribution in [0.3, 0.4) is 0 Å². The summed E-state index contributed by atoms with van der Waals surface area (Å²) in [7, 11) is 1.57. The molecule has 1 aromatic carbocycles. The maximum Gasteiger partial charge on any atom is 0.248 e. The summed E-state index contributed by atoms with van der Waals surface area (Å²) in [6, 6.07) is 5.37. The number of carbonyl (C=O) groups is 3. The minimum absolute atomic E-state index is 0.000519. The Morgan fingerprint density at radius 3 is 2.71 bits per heavy atom. The first-order chi connectivity index (χ1) is 13.4. The Bertz CT molecular complexity index is 766. The van der Waals surface area contributed by atoms with E-state index in [2.05, 4.69) is 0 Å². The summed E-state index contributed by atoms with van der Waals surface area (Å²) in [6.45, 7) is 2.72. The van der Waals surface area contributed by atoms with Gasteiger partial charge in [0.15, 0.2) is 0 Å². The smallest absolute Gasteiger partial charge is 0.248 e. The van der Waals surface area contributed by atoms with Gasteiger partial charge in [0.2, 0.25) is 17.7 Å². The fourth-order valence-corrected chi connectivity index (χ4v) is 3.63. The molecular formula is C20H26ClN3O4. The van der Waals surface area contributed by atoms with Gasteiger partial charge in [0, 0.05) is 30.3 Å². The Morgan fingerprint density at radius 1 is 1.32 bits per heavy atom. The van der Waals surface area contributed by atoms with Gasteiger partial charge in [0.25, 0.3) is 0 Å². The van der Waals surface area contributed by atoms with E-state index < -0.39 is 0 Å². The molecule has 1 aliphatic heterocycles. The Hall–Kier alpha value is -2.12. The highest BCUT2D eigenvalue weighted by molar-refractivity contribution is 6.31. The normalized spacial score (nSPS) is 17.0. The first-order valence-electron chi connectivity index (χ1n) is 9.53. The summed E-state index contributed by atoms with van der Waals surface area (Å²) < 4.78 is 5.08. The van der Waals surface area contributed by atoms with E-state index in [0.717, 1.165) is 24.8 Å². The van der Waals surface area contributed by atoms with Gasteiger partial charge in [-0.25, -0.2) is 0 Å². The Morgan fingerprint density at radius 2 is 2.07 bits per heavy atom. The summed E-state index contributed by atoms with van der Waals surface area (Å²) in [4.78, 5) is 42.5. The number of amides is 3. The van der Waals surface area contributed by atoms with Crippen molar-refractivity contribution in [2.75, 3.05) is 44.9 Å². The van der Waals surface area contributed by atoms with Crippen LogP contribution in [0.15, 0.2) is 18.2 Å². The molecule has 0 bridgehead atoms. The van der Waals surface area contributed by atoms with Gasteiger partial charge in [-0.1, -0.05) is 24.1 Å². The van der Waals surface area contributed by atoms with Crippen LogP contribution < -0.4 is 4.90 Å². The third-order valence-corrected chi connectivity index (χ3v) is 5.89. The van der Waals surface area contributed by atoms with Crippen LogP contribution in [0, 0.1) is 12.8 Å². The molecule has 1 aromatic rings. The lowest BCUT2D eigenvalue weighted by molar-refractivity contribution is -0.145. The molecule has 3 amide bonds. The molecule has 0 radical (unpaired) electrons. The minimum atomic E-state index is -0.237. The van der Waals surface area contributed by atoms with E-state index in [9.17, 15) is 14.4 Å². The molecular weight excluding hydrogens is 382 g/mol. The SMILES string of the molecule is COCCN(CC(=O)N1CC(=O)N(c2cccc(Cl)c2C)C1)C(=O)C1CCC1. The fourth-order valence-electron chi connectivity index (χ4n) is 3.46. The summed E-state index contributed by atoms with van der Waals surface area (Å²) in [5.74, 6) is -0.382. The average Bonchev–Trinajstić information content (AvgIpc) is 3.01. The van der Waals surface area contributed by atoms with E-state index in [0.29, 0.717) is 23.9 Å². The monoisotopic (exact) mass is 407 g/mol. The predicted octanol–water partition coefficient (Wildman–Crippen LogP) is 2.06. The van der Waals surface area contributed by atoms with Crippen LogP contribution in [0.25, 0.3) is 0 Å². The summed E-state index contributed by atoms with van der Waals surface area (Å²) >= 11 is 6.17. The van der Waals surface area contributed by atoms with Crippen LogP contribution in [0.5, 0.6) is 0 Å². The van der Waals surface area contributed by atoms with Crippen molar-refractivity contribution in [3.63, 3.8) is 0 Å². The maximum atomic E-state index is 12.8. The standard InChI is InChI=1S/C20H26ClN3O4/c1-14-16(21)7-4-8-17(14)24-13-23(12-19(24)26)18(25)11-22(9-10-28-2)20(27)15-5-3-6-15/h4,7-8,15H,3,5-6,9-13H2,1-2H3. The third kappa shape index (κ3) is 4.31. The zero-order valence-corrected chi connectivity index (χ0v) is 17.1. The highest BCUT2D eigenvalue weighted by atomic mass is 35.5. The highest BCUT2D eigenvalue weighted by Gasteiger charge is 2.35. The zero-order valence-electron chi connectivity index (χ0n) is 16.3.